The van der Waals surface area contributed by atoms with Crippen LogP contribution in [0.3, 0.4) is 0 Å². The number of hydrogen-bond acceptors (Lipinski definition) is 7. The second-order valence-corrected chi connectivity index (χ2v) is 7.78. The Hall–Kier alpha value is -2.75. The van der Waals surface area contributed by atoms with E-state index in [-0.39, 0.29) is 35.3 Å². The highest BCUT2D eigenvalue weighted by atomic mass is 35.5. The predicted octanol–water partition coefficient (Wildman–Crippen LogP) is 3.87. The van der Waals surface area contributed by atoms with Gasteiger partial charge in [-0.2, -0.15) is 0 Å². The Balaban J connectivity index is 0.00000256. The maximum atomic E-state index is 12.8. The number of carbonyl (C=O) groups excluding carboxylic acids is 2. The summed E-state index contributed by atoms with van der Waals surface area (Å²) >= 11 is 0.940. The summed E-state index contributed by atoms with van der Waals surface area (Å²) in [6, 6.07) is 11.4. The van der Waals surface area contributed by atoms with Gasteiger partial charge in [0.05, 0.1) is 21.2 Å². The molecule has 0 radical (unpaired) electrons. The number of aromatic nitrogens is 1. The van der Waals surface area contributed by atoms with E-state index in [0.717, 1.165) is 43.3 Å². The maximum absolute atomic E-state index is 12.8. The van der Waals surface area contributed by atoms with Crippen LogP contribution in [0.5, 0.6) is 0 Å². The van der Waals surface area contributed by atoms with Crippen LogP contribution >= 0.6 is 24.2 Å². The van der Waals surface area contributed by atoms with Gasteiger partial charge in [-0.15, -0.1) is 12.4 Å². The van der Waals surface area contributed by atoms with Crippen molar-refractivity contribution in [2.75, 3.05) is 13.1 Å². The minimum absolute atomic E-state index is 0. The van der Waals surface area contributed by atoms with Gasteiger partial charge in [0.1, 0.15) is 0 Å². The largest absolute Gasteiger partial charge is 0.317 e. The molecule has 2 amide bonds. The summed E-state index contributed by atoms with van der Waals surface area (Å²) in [7, 11) is 0. The highest BCUT2D eigenvalue weighted by Crippen LogP contribution is 2.35. The molecule has 3 heterocycles. The molecule has 0 unspecified atom stereocenters. The number of benzene rings is 1. The third kappa shape index (κ3) is 4.53. The van der Waals surface area contributed by atoms with Gasteiger partial charge in [0.15, 0.2) is 0 Å². The van der Waals surface area contributed by atoms with Crippen molar-refractivity contribution in [1.29, 1.82) is 0 Å². The number of amides is 2. The van der Waals surface area contributed by atoms with E-state index in [1.807, 2.05) is 0 Å². The molecular formula is C20H19ClN4O4S. The molecule has 1 aromatic carbocycles. The second kappa shape index (κ2) is 9.38. The van der Waals surface area contributed by atoms with Crippen molar-refractivity contribution < 1.29 is 14.5 Å². The number of halogens is 1. The molecule has 1 aromatic heterocycles. The highest BCUT2D eigenvalue weighted by Gasteiger charge is 2.40. The Morgan fingerprint density at radius 2 is 1.83 bits per heavy atom. The molecule has 2 aliphatic rings. The zero-order valence-corrected chi connectivity index (χ0v) is 17.4. The molecule has 0 spiro atoms. The van der Waals surface area contributed by atoms with Gasteiger partial charge in [-0.1, -0.05) is 6.07 Å². The molecular weight excluding hydrogens is 428 g/mol. The first-order valence-electron chi connectivity index (χ1n) is 9.22. The number of imide groups is 1. The maximum Gasteiger partial charge on any atom is 0.293 e. The monoisotopic (exact) mass is 446 g/mol. The van der Waals surface area contributed by atoms with Crippen molar-refractivity contribution >= 4 is 47.1 Å². The third-order valence-electron chi connectivity index (χ3n) is 4.92. The van der Waals surface area contributed by atoms with E-state index < -0.39 is 4.92 Å². The summed E-state index contributed by atoms with van der Waals surface area (Å²) in [6.45, 7) is 1.59. The number of non-ortho nitro benzene ring substituents is 1. The first-order valence-corrected chi connectivity index (χ1v) is 10.0. The zero-order chi connectivity index (χ0) is 20.4. The van der Waals surface area contributed by atoms with Gasteiger partial charge in [0.2, 0.25) is 0 Å². The van der Waals surface area contributed by atoms with E-state index in [1.54, 1.807) is 36.4 Å². The molecule has 2 fully saturated rings. The number of carbonyl (C=O) groups is 2. The van der Waals surface area contributed by atoms with Crippen molar-refractivity contribution in [2.45, 2.75) is 18.9 Å². The summed E-state index contributed by atoms with van der Waals surface area (Å²) in [5.74, 6) is -0.269. The van der Waals surface area contributed by atoms with E-state index in [9.17, 15) is 19.7 Å². The van der Waals surface area contributed by atoms with Gasteiger partial charge in [-0.3, -0.25) is 24.6 Å². The Labute approximate surface area is 183 Å². The van der Waals surface area contributed by atoms with Crippen LogP contribution in [0.4, 0.5) is 10.5 Å². The predicted molar refractivity (Wildman–Crippen MR) is 117 cm³/mol. The summed E-state index contributed by atoms with van der Waals surface area (Å²) in [6.07, 6.45) is 3.15. The lowest BCUT2D eigenvalue weighted by atomic mass is 10.1. The number of thioether (sulfide) groups is 1. The average Bonchev–Trinajstić information content (AvgIpc) is 3.02. The zero-order valence-electron chi connectivity index (χ0n) is 15.8. The number of rotatable bonds is 4. The fourth-order valence-corrected chi connectivity index (χ4v) is 4.32. The van der Waals surface area contributed by atoms with Gasteiger partial charge in [-0.05, 0) is 68.0 Å². The minimum Gasteiger partial charge on any atom is -0.317 e. The van der Waals surface area contributed by atoms with E-state index in [0.29, 0.717) is 16.3 Å². The normalized spacial score (nSPS) is 18.5. The van der Waals surface area contributed by atoms with Gasteiger partial charge in [0.25, 0.3) is 16.8 Å². The average molecular weight is 447 g/mol. The number of nitro groups is 1. The van der Waals surface area contributed by atoms with Crippen molar-refractivity contribution in [3.8, 4) is 11.3 Å². The van der Waals surface area contributed by atoms with E-state index >= 15 is 0 Å². The molecule has 0 saturated carbocycles. The molecule has 30 heavy (non-hydrogen) atoms. The standard InChI is InChI=1S/C20H18N4O4S.ClH/c25-19-18(29-20(26)23(19)15-8-10-21-11-9-15)12-14-2-1-3-17(22-14)13-4-6-16(7-5-13)24(27)28;/h1-7,12,15,21H,8-11H2;1H/b18-12-;. The van der Waals surface area contributed by atoms with Crippen LogP contribution < -0.4 is 5.32 Å². The van der Waals surface area contributed by atoms with Crippen molar-refractivity contribution in [1.82, 2.24) is 15.2 Å². The smallest absolute Gasteiger partial charge is 0.293 e. The molecule has 8 nitrogen and oxygen atoms in total. The Morgan fingerprint density at radius 1 is 1.13 bits per heavy atom. The Morgan fingerprint density at radius 3 is 2.50 bits per heavy atom. The Bertz CT molecular complexity index is 1010. The quantitative estimate of drug-likeness (QED) is 0.431. The number of hydrogen-bond donors (Lipinski definition) is 1. The molecule has 2 aliphatic heterocycles. The van der Waals surface area contributed by atoms with Crippen LogP contribution in [0.2, 0.25) is 0 Å². The van der Waals surface area contributed by atoms with Crippen LogP contribution in [-0.4, -0.2) is 45.1 Å². The second-order valence-electron chi connectivity index (χ2n) is 6.78. The number of nitrogens with zero attached hydrogens (tertiary/aromatic N) is 3. The van der Waals surface area contributed by atoms with Crippen molar-refractivity contribution in [2.24, 2.45) is 0 Å². The molecule has 10 heteroatoms. The summed E-state index contributed by atoms with van der Waals surface area (Å²) < 4.78 is 0. The fourth-order valence-electron chi connectivity index (χ4n) is 3.44. The van der Waals surface area contributed by atoms with Gasteiger partial charge >= 0.3 is 0 Å². The van der Waals surface area contributed by atoms with Crippen molar-refractivity contribution in [3.63, 3.8) is 0 Å². The van der Waals surface area contributed by atoms with Gasteiger partial charge in [0, 0.05) is 23.7 Å². The molecule has 0 aliphatic carbocycles. The number of piperidine rings is 1. The Kier molecular flexibility index (Phi) is 6.86. The first kappa shape index (κ1) is 21.9. The van der Waals surface area contributed by atoms with E-state index in [2.05, 4.69) is 10.3 Å². The van der Waals surface area contributed by atoms with Crippen LogP contribution in [0, 0.1) is 10.1 Å². The third-order valence-corrected chi connectivity index (χ3v) is 5.80. The number of pyridine rings is 1. The van der Waals surface area contributed by atoms with E-state index in [1.165, 1.54) is 17.0 Å². The molecule has 2 saturated heterocycles. The number of nitrogens with one attached hydrogen (secondary N) is 1. The summed E-state index contributed by atoms with van der Waals surface area (Å²) in [5.41, 5.74) is 1.92. The molecule has 0 atom stereocenters. The van der Waals surface area contributed by atoms with Crippen LogP contribution in [0.1, 0.15) is 18.5 Å². The first-order chi connectivity index (χ1) is 14.0. The fraction of sp³-hybridized carbons (Fsp3) is 0.250. The SMILES string of the molecule is Cl.O=C1S/C(=C\c2cccc(-c3ccc([N+](=O)[O-])cc3)n2)C(=O)N1C1CCNCC1. The van der Waals surface area contributed by atoms with Gasteiger partial charge in [-0.25, -0.2) is 4.98 Å². The molecule has 2 aromatic rings. The molecule has 4 rings (SSSR count). The molecule has 1 N–H and O–H groups in total. The van der Waals surface area contributed by atoms with Crippen LogP contribution in [0.15, 0.2) is 47.4 Å². The minimum atomic E-state index is -0.452. The lowest BCUT2D eigenvalue weighted by molar-refractivity contribution is -0.384. The lowest BCUT2D eigenvalue weighted by Gasteiger charge is -2.29. The van der Waals surface area contributed by atoms with Crippen LogP contribution in [0.25, 0.3) is 17.3 Å². The van der Waals surface area contributed by atoms with Gasteiger partial charge < -0.3 is 5.32 Å². The topological polar surface area (TPSA) is 105 Å². The highest BCUT2D eigenvalue weighted by molar-refractivity contribution is 8.18. The molecule has 0 bridgehead atoms. The van der Waals surface area contributed by atoms with Crippen molar-refractivity contribution in [3.05, 3.63) is 63.2 Å². The van der Waals surface area contributed by atoms with Crippen LogP contribution in [-0.2, 0) is 4.79 Å². The summed E-state index contributed by atoms with van der Waals surface area (Å²) in [4.78, 5) is 41.8. The summed E-state index contributed by atoms with van der Waals surface area (Å²) in [5, 5.41) is 13.8. The van der Waals surface area contributed by atoms with E-state index in [4.69, 9.17) is 0 Å². The lowest BCUT2D eigenvalue weighted by Crippen LogP contribution is -2.45. The molecule has 156 valence electrons. The number of nitro benzene ring substituents is 1.